The Bertz CT molecular complexity index is 780. The molecular weight excluding hydrogens is 316 g/mol. The smallest absolute Gasteiger partial charge is 0.410 e. The van der Waals surface area contributed by atoms with Crippen LogP contribution >= 0.6 is 0 Å². The van der Waals surface area contributed by atoms with Crippen LogP contribution in [0.25, 0.3) is 10.9 Å². The van der Waals surface area contributed by atoms with Gasteiger partial charge in [-0.05, 0) is 39.7 Å². The molecule has 2 aliphatic rings. The molecule has 1 amide bonds. The van der Waals surface area contributed by atoms with Crippen molar-refractivity contribution in [2.24, 2.45) is 0 Å². The van der Waals surface area contributed by atoms with Crippen molar-refractivity contribution >= 4 is 22.7 Å². The van der Waals surface area contributed by atoms with Gasteiger partial charge < -0.3 is 14.5 Å². The third-order valence-electron chi connectivity index (χ3n) is 4.84. The lowest BCUT2D eigenvalue weighted by Gasteiger charge is -2.36. The number of aromatic nitrogens is 2. The third kappa shape index (κ3) is 3.30. The van der Waals surface area contributed by atoms with Crippen LogP contribution in [-0.4, -0.2) is 53.0 Å². The van der Waals surface area contributed by atoms with Gasteiger partial charge in [0, 0.05) is 37.5 Å². The molecule has 0 spiro atoms. The van der Waals surface area contributed by atoms with Gasteiger partial charge in [0.2, 0.25) is 0 Å². The Morgan fingerprint density at radius 1 is 1.20 bits per heavy atom. The molecule has 2 heterocycles. The number of carbonyl (C=O) groups is 1. The zero-order valence-corrected chi connectivity index (χ0v) is 15.2. The van der Waals surface area contributed by atoms with E-state index in [1.807, 2.05) is 20.8 Å². The number of nitrogens with one attached hydrogen (secondary N) is 1. The molecular formula is C19H26N4O2. The van der Waals surface area contributed by atoms with Crippen molar-refractivity contribution in [1.29, 1.82) is 0 Å². The summed E-state index contributed by atoms with van der Waals surface area (Å²) < 4.78 is 5.48. The zero-order chi connectivity index (χ0) is 17.6. The highest BCUT2D eigenvalue weighted by Crippen LogP contribution is 2.43. The highest BCUT2D eigenvalue weighted by atomic mass is 16.6. The summed E-state index contributed by atoms with van der Waals surface area (Å²) in [5.74, 6) is 0.632. The van der Waals surface area contributed by atoms with Crippen LogP contribution in [-0.2, 0) is 4.74 Å². The Hall–Kier alpha value is -2.24. The van der Waals surface area contributed by atoms with E-state index in [0.29, 0.717) is 19.0 Å². The number of ether oxygens (including phenoxy) is 1. The van der Waals surface area contributed by atoms with Gasteiger partial charge in [-0.25, -0.2) is 4.79 Å². The molecule has 1 aromatic heterocycles. The van der Waals surface area contributed by atoms with E-state index >= 15 is 0 Å². The van der Waals surface area contributed by atoms with E-state index in [1.165, 1.54) is 29.6 Å². The average Bonchev–Trinajstić information content (AvgIpc) is 3.32. The molecule has 0 unspecified atom stereocenters. The van der Waals surface area contributed by atoms with Crippen molar-refractivity contribution in [1.82, 2.24) is 15.1 Å². The first kappa shape index (κ1) is 16.2. The lowest BCUT2D eigenvalue weighted by Crippen LogP contribution is -2.50. The van der Waals surface area contributed by atoms with Gasteiger partial charge >= 0.3 is 6.09 Å². The highest BCUT2D eigenvalue weighted by molar-refractivity contribution is 5.93. The third-order valence-corrected chi connectivity index (χ3v) is 4.84. The summed E-state index contributed by atoms with van der Waals surface area (Å²) in [4.78, 5) is 16.4. The number of hydrogen-bond acceptors (Lipinski definition) is 4. The topological polar surface area (TPSA) is 61.5 Å². The van der Waals surface area contributed by atoms with E-state index < -0.39 is 5.60 Å². The minimum Gasteiger partial charge on any atom is -0.444 e. The van der Waals surface area contributed by atoms with Crippen molar-refractivity contribution in [3.8, 4) is 0 Å². The predicted octanol–water partition coefficient (Wildman–Crippen LogP) is 3.50. The number of piperazine rings is 1. The summed E-state index contributed by atoms with van der Waals surface area (Å²) in [6.07, 6.45) is 2.28. The summed E-state index contributed by atoms with van der Waals surface area (Å²) in [5.41, 5.74) is 3.06. The average molecular weight is 342 g/mol. The molecule has 6 heteroatoms. The highest BCUT2D eigenvalue weighted by Gasteiger charge is 2.30. The van der Waals surface area contributed by atoms with Gasteiger partial charge in [0.1, 0.15) is 5.60 Å². The summed E-state index contributed by atoms with van der Waals surface area (Å²) in [6, 6.07) is 6.41. The van der Waals surface area contributed by atoms with E-state index in [2.05, 4.69) is 33.3 Å². The number of carbonyl (C=O) groups excluding carboxylic acids is 1. The quantitative estimate of drug-likeness (QED) is 0.907. The minimum atomic E-state index is -0.449. The Balaban J connectivity index is 1.48. The Kier molecular flexibility index (Phi) is 3.85. The van der Waals surface area contributed by atoms with Gasteiger partial charge in [0.25, 0.3) is 0 Å². The number of amides is 1. The van der Waals surface area contributed by atoms with Crippen LogP contribution in [0.15, 0.2) is 18.2 Å². The first-order valence-electron chi connectivity index (χ1n) is 9.12. The number of nitrogens with zero attached hydrogens (tertiary/aromatic N) is 3. The number of aromatic amines is 1. The molecule has 6 nitrogen and oxygen atoms in total. The maximum Gasteiger partial charge on any atom is 0.410 e. The Morgan fingerprint density at radius 3 is 2.56 bits per heavy atom. The number of para-hydroxylation sites is 1. The molecule has 25 heavy (non-hydrogen) atoms. The van der Waals surface area contributed by atoms with E-state index in [9.17, 15) is 4.79 Å². The van der Waals surface area contributed by atoms with Crippen molar-refractivity contribution in [3.63, 3.8) is 0 Å². The molecule has 0 radical (unpaired) electrons. The van der Waals surface area contributed by atoms with Crippen LogP contribution in [0.5, 0.6) is 0 Å². The standard InChI is InChI=1S/C19H26N4O2/c1-19(2,3)25-18(24)23-11-9-22(10-12-23)15-6-4-5-14-16(13-7-8-13)20-21-17(14)15/h4-6,13H,7-12H2,1-3H3,(H,20,21). The van der Waals surface area contributed by atoms with Gasteiger partial charge in [-0.3, -0.25) is 5.10 Å². The molecule has 0 bridgehead atoms. The molecule has 2 fully saturated rings. The van der Waals surface area contributed by atoms with Crippen LogP contribution in [0, 0.1) is 0 Å². The maximum atomic E-state index is 12.2. The van der Waals surface area contributed by atoms with Crippen molar-refractivity contribution in [2.45, 2.75) is 45.1 Å². The number of H-pyrrole nitrogens is 1. The SMILES string of the molecule is CC(C)(C)OC(=O)N1CCN(c2cccc3c(C4CC4)n[nH]c23)CC1. The second-order valence-corrected chi connectivity index (χ2v) is 8.04. The molecule has 1 aromatic carbocycles. The number of hydrogen-bond donors (Lipinski definition) is 1. The van der Waals surface area contributed by atoms with Crippen LogP contribution < -0.4 is 4.90 Å². The largest absolute Gasteiger partial charge is 0.444 e. The van der Waals surface area contributed by atoms with E-state index in [1.54, 1.807) is 4.90 Å². The van der Waals surface area contributed by atoms with Crippen LogP contribution in [0.4, 0.5) is 10.5 Å². The van der Waals surface area contributed by atoms with Gasteiger partial charge in [-0.15, -0.1) is 0 Å². The molecule has 2 aromatic rings. The predicted molar refractivity (Wildman–Crippen MR) is 98.1 cm³/mol. The first-order valence-corrected chi connectivity index (χ1v) is 9.12. The summed E-state index contributed by atoms with van der Waals surface area (Å²) >= 11 is 0. The zero-order valence-electron chi connectivity index (χ0n) is 15.2. The second-order valence-electron chi connectivity index (χ2n) is 8.04. The molecule has 4 rings (SSSR count). The number of benzene rings is 1. The fourth-order valence-corrected chi connectivity index (χ4v) is 3.44. The fourth-order valence-electron chi connectivity index (χ4n) is 3.44. The molecule has 1 N–H and O–H groups in total. The van der Waals surface area contributed by atoms with Crippen LogP contribution in [0.2, 0.25) is 0 Å². The normalized spacial score (nSPS) is 18.7. The number of fused-ring (bicyclic) bond motifs is 1. The molecule has 0 atom stereocenters. The molecule has 1 aliphatic carbocycles. The van der Waals surface area contributed by atoms with Gasteiger partial charge in [-0.1, -0.05) is 12.1 Å². The van der Waals surface area contributed by atoms with E-state index in [-0.39, 0.29) is 6.09 Å². The van der Waals surface area contributed by atoms with E-state index in [4.69, 9.17) is 4.74 Å². The Morgan fingerprint density at radius 2 is 1.92 bits per heavy atom. The number of anilines is 1. The van der Waals surface area contributed by atoms with Gasteiger partial charge in [-0.2, -0.15) is 5.10 Å². The monoisotopic (exact) mass is 342 g/mol. The summed E-state index contributed by atoms with van der Waals surface area (Å²) in [6.45, 7) is 8.66. The van der Waals surface area contributed by atoms with Gasteiger partial charge in [0.05, 0.1) is 16.9 Å². The van der Waals surface area contributed by atoms with Crippen molar-refractivity contribution in [2.75, 3.05) is 31.1 Å². The molecule has 134 valence electrons. The Labute approximate surface area is 148 Å². The molecule has 1 aliphatic heterocycles. The van der Waals surface area contributed by atoms with Gasteiger partial charge in [0.15, 0.2) is 0 Å². The lowest BCUT2D eigenvalue weighted by atomic mass is 10.1. The summed E-state index contributed by atoms with van der Waals surface area (Å²) in [5, 5.41) is 9.05. The van der Waals surface area contributed by atoms with E-state index in [0.717, 1.165) is 18.6 Å². The second kappa shape index (κ2) is 5.93. The first-order chi connectivity index (χ1) is 11.9. The van der Waals surface area contributed by atoms with Crippen LogP contribution in [0.1, 0.15) is 45.2 Å². The minimum absolute atomic E-state index is 0.220. The van der Waals surface area contributed by atoms with Crippen molar-refractivity contribution in [3.05, 3.63) is 23.9 Å². The molecule has 1 saturated carbocycles. The fraction of sp³-hybridized carbons (Fsp3) is 0.579. The lowest BCUT2D eigenvalue weighted by molar-refractivity contribution is 0.0240. The number of rotatable bonds is 2. The summed E-state index contributed by atoms with van der Waals surface area (Å²) in [7, 11) is 0. The van der Waals surface area contributed by atoms with Crippen LogP contribution in [0.3, 0.4) is 0 Å². The maximum absolute atomic E-state index is 12.2. The van der Waals surface area contributed by atoms with Crippen molar-refractivity contribution < 1.29 is 9.53 Å². The molecule has 1 saturated heterocycles.